The predicted octanol–water partition coefficient (Wildman–Crippen LogP) is 3.33. The Hall–Kier alpha value is -3.30. The minimum absolute atomic E-state index is 0.000173. The van der Waals surface area contributed by atoms with E-state index in [0.717, 1.165) is 4.90 Å². The van der Waals surface area contributed by atoms with Gasteiger partial charge in [-0.2, -0.15) is 0 Å². The highest BCUT2D eigenvalue weighted by molar-refractivity contribution is 6.42. The second-order valence-corrected chi connectivity index (χ2v) is 8.25. The van der Waals surface area contributed by atoms with Crippen LogP contribution in [-0.2, 0) is 15.1 Å². The lowest BCUT2D eigenvalue weighted by molar-refractivity contribution is -0.133. The molecule has 0 radical (unpaired) electrons. The summed E-state index contributed by atoms with van der Waals surface area (Å²) in [4.78, 5) is 51.0. The third-order valence-corrected chi connectivity index (χ3v) is 5.98. The van der Waals surface area contributed by atoms with Gasteiger partial charge in [0.25, 0.3) is 5.91 Å². The first kappa shape index (κ1) is 21.9. The quantitative estimate of drug-likeness (QED) is 0.504. The van der Waals surface area contributed by atoms with Crippen LogP contribution in [-0.4, -0.2) is 41.9 Å². The number of nitrogens with zero attached hydrogens (tertiary/aromatic N) is 1. The summed E-state index contributed by atoms with van der Waals surface area (Å²) in [5.74, 6) is -0.852. The zero-order chi connectivity index (χ0) is 23.2. The lowest BCUT2D eigenvalue weighted by atomic mass is 9.92. The average molecular weight is 478 g/mol. The minimum Gasteiger partial charge on any atom is -0.454 e. The highest BCUT2D eigenvalue weighted by atomic mass is 35.5. The number of hydrogen-bond acceptors (Lipinski definition) is 6. The van der Waals surface area contributed by atoms with Crippen molar-refractivity contribution in [3.63, 3.8) is 0 Å². The van der Waals surface area contributed by atoms with E-state index < -0.39 is 29.9 Å². The summed E-state index contributed by atoms with van der Waals surface area (Å²) in [5, 5.41) is 5.68. The van der Waals surface area contributed by atoms with Gasteiger partial charge in [-0.1, -0.05) is 29.3 Å². The fourth-order valence-electron chi connectivity index (χ4n) is 3.51. The van der Waals surface area contributed by atoms with E-state index in [0.29, 0.717) is 22.1 Å². The van der Waals surface area contributed by atoms with Crippen LogP contribution in [0.25, 0.3) is 0 Å². The summed E-state index contributed by atoms with van der Waals surface area (Å²) < 4.78 is 10.5. The first-order chi connectivity index (χ1) is 15.1. The van der Waals surface area contributed by atoms with E-state index in [-0.39, 0.29) is 28.8 Å². The molecule has 1 saturated heterocycles. The third-order valence-electron chi connectivity index (χ3n) is 5.24. The third kappa shape index (κ3) is 3.74. The summed E-state index contributed by atoms with van der Waals surface area (Å²) in [6.07, 6.45) is 0. The molecule has 2 aliphatic heterocycles. The molecule has 2 N–H and O–H groups in total. The maximum atomic E-state index is 13.0. The highest BCUT2D eigenvalue weighted by Crippen LogP contribution is 2.37. The molecule has 2 heterocycles. The van der Waals surface area contributed by atoms with Crippen LogP contribution in [0.15, 0.2) is 30.3 Å². The zero-order valence-corrected chi connectivity index (χ0v) is 18.5. The molecule has 32 heavy (non-hydrogen) atoms. The van der Waals surface area contributed by atoms with Crippen LogP contribution < -0.4 is 20.1 Å². The normalized spacial score (nSPS) is 19.2. The van der Waals surface area contributed by atoms with Crippen molar-refractivity contribution in [2.45, 2.75) is 19.4 Å². The van der Waals surface area contributed by atoms with Crippen molar-refractivity contribution in [3.05, 3.63) is 51.5 Å². The lowest BCUT2D eigenvalue weighted by Gasteiger charge is -2.22. The summed E-state index contributed by atoms with van der Waals surface area (Å²) in [6, 6.07) is 6.76. The van der Waals surface area contributed by atoms with Crippen molar-refractivity contribution in [1.82, 2.24) is 10.2 Å². The fourth-order valence-corrected chi connectivity index (χ4v) is 3.81. The number of urea groups is 1. The van der Waals surface area contributed by atoms with E-state index in [4.69, 9.17) is 32.7 Å². The second-order valence-electron chi connectivity index (χ2n) is 7.43. The number of ketones is 1. The summed E-state index contributed by atoms with van der Waals surface area (Å²) in [5.41, 5.74) is -0.608. The number of carbonyl (C=O) groups excluding carboxylic acids is 4. The fraction of sp³-hybridized carbons (Fsp3) is 0.238. The van der Waals surface area contributed by atoms with Gasteiger partial charge in [-0.15, -0.1) is 0 Å². The molecular weight excluding hydrogens is 461 g/mol. The van der Waals surface area contributed by atoms with E-state index in [1.807, 2.05) is 0 Å². The van der Waals surface area contributed by atoms with Gasteiger partial charge in [0, 0.05) is 11.6 Å². The van der Waals surface area contributed by atoms with E-state index in [9.17, 15) is 19.2 Å². The number of halogens is 2. The molecule has 0 saturated carbocycles. The van der Waals surface area contributed by atoms with Crippen molar-refractivity contribution in [1.29, 1.82) is 0 Å². The number of rotatable bonds is 5. The molecule has 166 valence electrons. The molecule has 9 nitrogen and oxygen atoms in total. The monoisotopic (exact) mass is 477 g/mol. The highest BCUT2D eigenvalue weighted by Gasteiger charge is 2.49. The van der Waals surface area contributed by atoms with Crippen LogP contribution in [0, 0.1) is 0 Å². The minimum atomic E-state index is -1.42. The van der Waals surface area contributed by atoms with Gasteiger partial charge in [0.2, 0.25) is 12.7 Å². The van der Waals surface area contributed by atoms with Gasteiger partial charge < -0.3 is 20.1 Å². The Morgan fingerprint density at radius 2 is 1.81 bits per heavy atom. The molecule has 0 bridgehead atoms. The molecule has 2 aromatic carbocycles. The van der Waals surface area contributed by atoms with Crippen molar-refractivity contribution >= 4 is 52.5 Å². The number of nitrogens with one attached hydrogen (secondary N) is 2. The van der Waals surface area contributed by atoms with Gasteiger partial charge in [0.1, 0.15) is 12.1 Å². The summed E-state index contributed by atoms with van der Waals surface area (Å²) >= 11 is 12.0. The number of imide groups is 1. The number of ether oxygens (including phenoxy) is 2. The molecule has 0 aliphatic carbocycles. The topological polar surface area (TPSA) is 114 Å². The Kier molecular flexibility index (Phi) is 5.47. The average Bonchev–Trinajstić information content (AvgIpc) is 3.27. The smallest absolute Gasteiger partial charge is 0.325 e. The largest absolute Gasteiger partial charge is 0.454 e. The van der Waals surface area contributed by atoms with Crippen molar-refractivity contribution < 1.29 is 28.7 Å². The van der Waals surface area contributed by atoms with E-state index in [2.05, 4.69) is 10.6 Å². The van der Waals surface area contributed by atoms with Gasteiger partial charge in [0.15, 0.2) is 17.3 Å². The van der Waals surface area contributed by atoms with Gasteiger partial charge in [-0.3, -0.25) is 19.3 Å². The number of hydrogen-bond donors (Lipinski definition) is 2. The first-order valence-electron chi connectivity index (χ1n) is 9.44. The first-order valence-corrected chi connectivity index (χ1v) is 10.2. The number of Topliss-reactive ketones (excluding diaryl/α,β-unsaturated/α-hetero) is 1. The number of fused-ring (bicyclic) bond motifs is 1. The lowest BCUT2D eigenvalue weighted by Crippen LogP contribution is -2.42. The van der Waals surface area contributed by atoms with Crippen LogP contribution in [0.1, 0.15) is 29.8 Å². The van der Waals surface area contributed by atoms with Crippen LogP contribution in [0.5, 0.6) is 11.5 Å². The molecule has 11 heteroatoms. The van der Waals surface area contributed by atoms with E-state index >= 15 is 0 Å². The molecule has 4 amide bonds. The van der Waals surface area contributed by atoms with Crippen molar-refractivity contribution in [2.24, 2.45) is 0 Å². The SMILES string of the molecule is CC(=O)c1cc2c(cc1NC(=O)CN1C(=O)NC(C)(c3ccc(Cl)c(Cl)c3)C1=O)OCO2. The molecule has 1 atom stereocenters. The molecule has 4 rings (SSSR count). The number of amides is 4. The van der Waals surface area contributed by atoms with Crippen molar-refractivity contribution in [3.8, 4) is 11.5 Å². The number of benzene rings is 2. The molecule has 0 spiro atoms. The maximum absolute atomic E-state index is 13.0. The number of anilines is 1. The number of carbonyl (C=O) groups is 4. The second kappa shape index (κ2) is 7.99. The molecule has 2 aromatic rings. The van der Waals surface area contributed by atoms with E-state index in [1.54, 1.807) is 6.07 Å². The van der Waals surface area contributed by atoms with E-state index in [1.165, 1.54) is 38.1 Å². The van der Waals surface area contributed by atoms with Crippen LogP contribution in [0.3, 0.4) is 0 Å². The molecule has 1 unspecified atom stereocenters. The van der Waals surface area contributed by atoms with Crippen LogP contribution in [0.4, 0.5) is 10.5 Å². The Morgan fingerprint density at radius 3 is 2.47 bits per heavy atom. The van der Waals surface area contributed by atoms with Crippen molar-refractivity contribution in [2.75, 3.05) is 18.7 Å². The van der Waals surface area contributed by atoms with Gasteiger partial charge in [-0.05, 0) is 37.6 Å². The molecule has 1 fully saturated rings. The standard InChI is InChI=1S/C21H17Cl2N3O6/c1-10(27)12-6-16-17(32-9-31-16)7-15(12)24-18(28)8-26-19(29)21(2,25-20(26)30)11-3-4-13(22)14(23)5-11/h3-7H,8-9H2,1-2H3,(H,24,28)(H,25,30). The van der Waals surface area contributed by atoms with Gasteiger partial charge in [-0.25, -0.2) is 4.79 Å². The van der Waals surface area contributed by atoms with Gasteiger partial charge in [0.05, 0.1) is 15.7 Å². The summed E-state index contributed by atoms with van der Waals surface area (Å²) in [7, 11) is 0. The Morgan fingerprint density at radius 1 is 1.12 bits per heavy atom. The van der Waals surface area contributed by atoms with Gasteiger partial charge >= 0.3 is 6.03 Å². The molecular formula is C21H17Cl2N3O6. The Balaban J connectivity index is 1.54. The van der Waals surface area contributed by atoms with Crippen LogP contribution in [0.2, 0.25) is 10.0 Å². The molecule has 2 aliphatic rings. The summed E-state index contributed by atoms with van der Waals surface area (Å²) in [6.45, 7) is 2.29. The maximum Gasteiger partial charge on any atom is 0.325 e. The molecule has 0 aromatic heterocycles. The zero-order valence-electron chi connectivity index (χ0n) is 17.0. The Labute approximate surface area is 192 Å². The Bertz CT molecular complexity index is 1180. The van der Waals surface area contributed by atoms with Crippen LogP contribution >= 0.6 is 23.2 Å². The predicted molar refractivity (Wildman–Crippen MR) is 115 cm³/mol.